The molecule has 0 amide bonds. The van der Waals surface area contributed by atoms with Gasteiger partial charge in [-0.3, -0.25) is 0 Å². The summed E-state index contributed by atoms with van der Waals surface area (Å²) in [5, 5.41) is 0. The molecule has 1 aromatic rings. The van der Waals surface area contributed by atoms with Crippen molar-refractivity contribution in [3.05, 3.63) is 34.9 Å². The average molecular weight is 293 g/mol. The fourth-order valence-electron chi connectivity index (χ4n) is 1.13. The SMILES string of the molecule is Cc1ccc(C(=O)OBr)cc1CS(=O)O. The van der Waals surface area contributed by atoms with Gasteiger partial charge in [-0.15, -0.1) is 0 Å². The number of carbonyl (C=O) groups excluding carboxylic acids is 1. The second-order valence-electron chi connectivity index (χ2n) is 2.97. The molecular formula is C9H9BrO4S. The molecule has 1 aromatic carbocycles. The van der Waals surface area contributed by atoms with E-state index in [9.17, 15) is 9.00 Å². The number of benzene rings is 1. The summed E-state index contributed by atoms with van der Waals surface area (Å²) in [5.74, 6) is -0.519. The molecule has 15 heavy (non-hydrogen) atoms. The number of carbonyl (C=O) groups is 1. The molecule has 0 radical (unpaired) electrons. The first-order valence-electron chi connectivity index (χ1n) is 4.04. The Labute approximate surface area is 98.4 Å². The monoisotopic (exact) mass is 292 g/mol. The number of hydrogen-bond donors (Lipinski definition) is 1. The minimum Gasteiger partial charge on any atom is -0.380 e. The van der Waals surface area contributed by atoms with Gasteiger partial charge in [0, 0.05) is 0 Å². The Morgan fingerprint density at radius 2 is 2.27 bits per heavy atom. The van der Waals surface area contributed by atoms with Gasteiger partial charge in [0.05, 0.1) is 11.3 Å². The maximum absolute atomic E-state index is 11.2. The Morgan fingerprint density at radius 3 is 2.80 bits per heavy atom. The van der Waals surface area contributed by atoms with Gasteiger partial charge < -0.3 is 8.38 Å². The number of rotatable bonds is 3. The lowest BCUT2D eigenvalue weighted by Crippen LogP contribution is -2.02. The molecule has 6 heteroatoms. The summed E-state index contributed by atoms with van der Waals surface area (Å²) in [5.41, 5.74) is 1.87. The van der Waals surface area contributed by atoms with Crippen LogP contribution in [0.2, 0.25) is 0 Å². The van der Waals surface area contributed by atoms with Crippen LogP contribution in [0.15, 0.2) is 18.2 Å². The normalized spacial score (nSPS) is 12.2. The van der Waals surface area contributed by atoms with Gasteiger partial charge in [-0.1, -0.05) is 6.07 Å². The minimum absolute atomic E-state index is 0.00917. The van der Waals surface area contributed by atoms with E-state index >= 15 is 0 Å². The molecule has 1 unspecified atom stereocenters. The van der Waals surface area contributed by atoms with Gasteiger partial charge in [0.25, 0.3) is 0 Å². The zero-order valence-corrected chi connectivity index (χ0v) is 10.3. The van der Waals surface area contributed by atoms with Crippen LogP contribution in [-0.4, -0.2) is 14.7 Å². The molecule has 1 N–H and O–H groups in total. The lowest BCUT2D eigenvalue weighted by Gasteiger charge is -2.05. The van der Waals surface area contributed by atoms with Gasteiger partial charge in [0.15, 0.2) is 27.3 Å². The van der Waals surface area contributed by atoms with Crippen LogP contribution in [0.1, 0.15) is 21.5 Å². The van der Waals surface area contributed by atoms with E-state index in [1.165, 1.54) is 0 Å². The quantitative estimate of drug-likeness (QED) is 0.868. The third-order valence-corrected chi connectivity index (χ3v) is 2.79. The molecule has 0 fully saturated rings. The first kappa shape index (κ1) is 12.4. The topological polar surface area (TPSA) is 63.6 Å². The Balaban J connectivity index is 3.05. The lowest BCUT2D eigenvalue weighted by atomic mass is 10.1. The van der Waals surface area contributed by atoms with Crippen LogP contribution in [-0.2, 0) is 20.7 Å². The lowest BCUT2D eigenvalue weighted by molar-refractivity contribution is 0.0782. The van der Waals surface area contributed by atoms with E-state index in [4.69, 9.17) is 4.55 Å². The van der Waals surface area contributed by atoms with Crippen LogP contribution in [0.3, 0.4) is 0 Å². The molecule has 0 saturated carbocycles. The van der Waals surface area contributed by atoms with Crippen LogP contribution in [0, 0.1) is 6.92 Å². The summed E-state index contributed by atoms with van der Waals surface area (Å²) in [4.78, 5) is 11.2. The molecule has 0 saturated heterocycles. The third-order valence-electron chi connectivity index (χ3n) is 1.93. The average Bonchev–Trinajstić information content (AvgIpc) is 2.19. The van der Waals surface area contributed by atoms with Crippen molar-refractivity contribution < 1.29 is 17.4 Å². The Hall–Kier alpha value is -0.720. The molecule has 0 heterocycles. The van der Waals surface area contributed by atoms with Gasteiger partial charge in [-0.2, -0.15) is 0 Å². The van der Waals surface area contributed by atoms with Crippen molar-refractivity contribution in [2.24, 2.45) is 0 Å². The third kappa shape index (κ3) is 3.40. The van der Waals surface area contributed by atoms with Crippen molar-refractivity contribution in [1.82, 2.24) is 0 Å². The van der Waals surface area contributed by atoms with Crippen LogP contribution in [0.4, 0.5) is 0 Å². The van der Waals surface area contributed by atoms with E-state index in [0.717, 1.165) is 5.56 Å². The van der Waals surface area contributed by atoms with Crippen LogP contribution < -0.4 is 0 Å². The summed E-state index contributed by atoms with van der Waals surface area (Å²) in [6.45, 7) is 1.81. The second-order valence-corrected chi connectivity index (χ2v) is 4.23. The number of hydrogen-bond acceptors (Lipinski definition) is 3. The molecule has 0 bridgehead atoms. The molecule has 0 aliphatic rings. The fourth-order valence-corrected chi connectivity index (χ4v) is 1.90. The summed E-state index contributed by atoms with van der Waals surface area (Å²) in [6.07, 6.45) is 0. The Morgan fingerprint density at radius 1 is 1.60 bits per heavy atom. The van der Waals surface area contributed by atoms with Crippen molar-refractivity contribution in [2.45, 2.75) is 12.7 Å². The van der Waals surface area contributed by atoms with Gasteiger partial charge in [-0.05, 0) is 30.2 Å². The summed E-state index contributed by atoms with van der Waals surface area (Å²) in [7, 11) is 0. The first-order chi connectivity index (χ1) is 7.04. The molecule has 0 aliphatic heterocycles. The van der Waals surface area contributed by atoms with Crippen molar-refractivity contribution >= 4 is 33.3 Å². The van der Waals surface area contributed by atoms with E-state index in [1.807, 2.05) is 6.92 Å². The highest BCUT2D eigenvalue weighted by molar-refractivity contribution is 9.06. The predicted octanol–water partition coefficient (Wildman–Crippen LogP) is 2.18. The molecule has 0 spiro atoms. The van der Waals surface area contributed by atoms with Crippen molar-refractivity contribution in [3.8, 4) is 0 Å². The molecular weight excluding hydrogens is 284 g/mol. The predicted molar refractivity (Wildman–Crippen MR) is 60.0 cm³/mol. The van der Waals surface area contributed by atoms with Gasteiger partial charge in [-0.25, -0.2) is 9.00 Å². The second kappa shape index (κ2) is 5.39. The summed E-state index contributed by atoms with van der Waals surface area (Å²) >= 11 is 0.672. The molecule has 0 aromatic heterocycles. The van der Waals surface area contributed by atoms with E-state index < -0.39 is 17.0 Å². The van der Waals surface area contributed by atoms with Crippen LogP contribution in [0.5, 0.6) is 0 Å². The van der Waals surface area contributed by atoms with Gasteiger partial charge in [0.2, 0.25) is 0 Å². The highest BCUT2D eigenvalue weighted by Crippen LogP contribution is 2.14. The van der Waals surface area contributed by atoms with Crippen molar-refractivity contribution in [2.75, 3.05) is 0 Å². The Kier molecular flexibility index (Phi) is 4.44. The first-order valence-corrected chi connectivity index (χ1v) is 5.97. The Bertz CT molecular complexity index is 405. The van der Waals surface area contributed by atoms with E-state index in [0.29, 0.717) is 11.1 Å². The number of aryl methyl sites for hydroxylation is 1. The zero-order chi connectivity index (χ0) is 11.4. The van der Waals surface area contributed by atoms with Gasteiger partial charge >= 0.3 is 5.97 Å². The van der Waals surface area contributed by atoms with E-state index in [1.54, 1.807) is 18.2 Å². The minimum atomic E-state index is -1.91. The van der Waals surface area contributed by atoms with Crippen molar-refractivity contribution in [1.29, 1.82) is 0 Å². The zero-order valence-electron chi connectivity index (χ0n) is 7.90. The largest absolute Gasteiger partial charge is 0.380 e. The molecule has 1 atom stereocenters. The van der Waals surface area contributed by atoms with E-state index in [2.05, 4.69) is 20.1 Å². The molecule has 82 valence electrons. The molecule has 1 rings (SSSR count). The van der Waals surface area contributed by atoms with Gasteiger partial charge in [0.1, 0.15) is 0 Å². The summed E-state index contributed by atoms with van der Waals surface area (Å²) < 4.78 is 23.8. The van der Waals surface area contributed by atoms with Crippen LogP contribution >= 0.6 is 16.3 Å². The standard InChI is InChI=1S/C9H9BrO4S/c1-6-2-3-7(9(11)14-10)4-8(6)5-15(12)13/h2-4H,5H2,1H3,(H,12,13). The summed E-state index contributed by atoms with van der Waals surface area (Å²) in [6, 6.07) is 4.86. The molecule has 0 aliphatic carbocycles. The fraction of sp³-hybridized carbons (Fsp3) is 0.222. The molecule has 4 nitrogen and oxygen atoms in total. The van der Waals surface area contributed by atoms with Crippen molar-refractivity contribution in [3.63, 3.8) is 0 Å². The van der Waals surface area contributed by atoms with Crippen LogP contribution in [0.25, 0.3) is 0 Å². The highest BCUT2D eigenvalue weighted by Gasteiger charge is 2.09. The highest BCUT2D eigenvalue weighted by atomic mass is 79.9. The smallest absolute Gasteiger partial charge is 0.349 e. The maximum Gasteiger partial charge on any atom is 0.349 e. The van der Waals surface area contributed by atoms with E-state index in [-0.39, 0.29) is 5.75 Å². The number of halogens is 1. The maximum atomic E-state index is 11.2.